The van der Waals surface area contributed by atoms with Crippen LogP contribution >= 0.6 is 0 Å². The lowest BCUT2D eigenvalue weighted by Crippen LogP contribution is -2.55. The van der Waals surface area contributed by atoms with Crippen LogP contribution in [0.4, 0.5) is 9.59 Å². The first kappa shape index (κ1) is 40.7. The first-order valence-electron chi connectivity index (χ1n) is 19.5. The Morgan fingerprint density at radius 1 is 0.789 bits per heavy atom. The Morgan fingerprint density at radius 2 is 1.40 bits per heavy atom. The van der Waals surface area contributed by atoms with E-state index in [1.165, 1.54) is 14.2 Å². The number of likely N-dealkylation sites (tertiary alicyclic amines) is 2. The summed E-state index contributed by atoms with van der Waals surface area (Å²) in [6.45, 7) is 8.79. The van der Waals surface area contributed by atoms with Crippen molar-refractivity contribution < 1.29 is 33.4 Å². The number of amides is 5. The lowest BCUT2D eigenvalue weighted by Gasteiger charge is -2.30. The second kappa shape index (κ2) is 17.9. The number of carbonyl (C=O) groups excluding carboxylic acids is 5. The Labute approximate surface area is 332 Å². The van der Waals surface area contributed by atoms with Crippen LogP contribution in [0.15, 0.2) is 60.8 Å². The molecule has 0 bridgehead atoms. The van der Waals surface area contributed by atoms with Gasteiger partial charge in [0.1, 0.15) is 23.9 Å². The lowest BCUT2D eigenvalue weighted by atomic mass is 10.0. The molecule has 4 unspecified atom stereocenters. The number of benzene rings is 2. The van der Waals surface area contributed by atoms with Crippen molar-refractivity contribution in [2.45, 2.75) is 84.1 Å². The number of rotatable bonds is 12. The molecule has 302 valence electrons. The molecule has 0 aliphatic carbocycles. The van der Waals surface area contributed by atoms with Crippen molar-refractivity contribution in [2.24, 2.45) is 11.8 Å². The molecule has 4 aromatic rings. The van der Waals surface area contributed by atoms with E-state index in [0.29, 0.717) is 38.3 Å². The Bertz CT molecular complexity index is 2100. The zero-order valence-corrected chi connectivity index (χ0v) is 33.3. The molecule has 4 N–H and O–H groups in total. The number of nitrogens with one attached hydrogen (secondary N) is 4. The highest BCUT2D eigenvalue weighted by molar-refractivity contribution is 5.92. The summed E-state index contributed by atoms with van der Waals surface area (Å²) in [5.74, 6) is -0.266. The monoisotopic (exact) mass is 780 g/mol. The maximum Gasteiger partial charge on any atom is 0.407 e. The maximum absolute atomic E-state index is 13.6. The van der Waals surface area contributed by atoms with E-state index in [4.69, 9.17) is 14.5 Å². The van der Waals surface area contributed by atoms with Crippen LogP contribution in [0.5, 0.6) is 0 Å². The van der Waals surface area contributed by atoms with Gasteiger partial charge < -0.3 is 40.2 Å². The molecule has 2 fully saturated rings. The summed E-state index contributed by atoms with van der Waals surface area (Å²) in [6, 6.07) is 15.5. The number of methoxy groups -OCH3 is 2. The number of fused-ring (bicyclic) bond motifs is 1. The van der Waals surface area contributed by atoms with Crippen LogP contribution in [0, 0.1) is 11.8 Å². The SMILES string of the molecule is COC(=O)NC(C(=O)N1CCCC1C(=O)NCc1ccc(-c2ccc3cc(-c4cnc(C5CCCN5C(=O)C(NC(=O)OC)C(C)C)[nH]4)ccc3n2)cc1)C(C)C. The number of pyridine rings is 1. The highest BCUT2D eigenvalue weighted by atomic mass is 16.5. The fourth-order valence-electron chi connectivity index (χ4n) is 7.58. The summed E-state index contributed by atoms with van der Waals surface area (Å²) in [6.07, 6.45) is 3.32. The predicted octanol–water partition coefficient (Wildman–Crippen LogP) is 5.32. The van der Waals surface area contributed by atoms with Crippen molar-refractivity contribution in [1.82, 2.24) is 40.7 Å². The lowest BCUT2D eigenvalue weighted by molar-refractivity contribution is -0.140. The van der Waals surface area contributed by atoms with Crippen LogP contribution in [0.25, 0.3) is 33.4 Å². The van der Waals surface area contributed by atoms with Crippen molar-refractivity contribution in [3.05, 3.63) is 72.2 Å². The van der Waals surface area contributed by atoms with Gasteiger partial charge in [0.15, 0.2) is 0 Å². The van der Waals surface area contributed by atoms with Crippen LogP contribution in [-0.2, 0) is 30.4 Å². The van der Waals surface area contributed by atoms with Gasteiger partial charge in [-0.05, 0) is 61.3 Å². The second-order valence-corrected chi connectivity index (χ2v) is 15.3. The van der Waals surface area contributed by atoms with Crippen LogP contribution < -0.4 is 16.0 Å². The Morgan fingerprint density at radius 3 is 2.05 bits per heavy atom. The fraction of sp³-hybridized carbons (Fsp3) is 0.452. The Hall–Kier alpha value is -5.99. The smallest absolute Gasteiger partial charge is 0.407 e. The Kier molecular flexibility index (Phi) is 12.7. The zero-order valence-electron chi connectivity index (χ0n) is 33.3. The quantitative estimate of drug-likeness (QED) is 0.148. The van der Waals surface area contributed by atoms with Crippen LogP contribution in [0.2, 0.25) is 0 Å². The number of aromatic nitrogens is 3. The van der Waals surface area contributed by atoms with Gasteiger partial charge in [-0.2, -0.15) is 0 Å². The fourth-order valence-corrected chi connectivity index (χ4v) is 7.58. The number of carbonyl (C=O) groups is 5. The Balaban J connectivity index is 1.08. The molecule has 2 saturated heterocycles. The topological polar surface area (TPSA) is 188 Å². The molecule has 0 spiro atoms. The number of aromatic amines is 1. The summed E-state index contributed by atoms with van der Waals surface area (Å²) >= 11 is 0. The van der Waals surface area contributed by atoms with Crippen molar-refractivity contribution in [1.29, 1.82) is 0 Å². The minimum Gasteiger partial charge on any atom is -0.453 e. The van der Waals surface area contributed by atoms with E-state index >= 15 is 0 Å². The largest absolute Gasteiger partial charge is 0.453 e. The zero-order chi connectivity index (χ0) is 40.8. The molecule has 4 atom stereocenters. The number of ether oxygens (including phenoxy) is 2. The molecule has 2 aromatic carbocycles. The molecule has 2 aliphatic rings. The van der Waals surface area contributed by atoms with Gasteiger partial charge in [-0.15, -0.1) is 0 Å². The van der Waals surface area contributed by atoms with Gasteiger partial charge in [0, 0.05) is 36.1 Å². The standard InChI is InChI=1S/C42H52N8O7/c1-24(2)35(47-41(54)56-5)39(52)49-19-7-9-33(49)37-43-23-32(46-37)29-16-18-31-28(21-29)15-17-30(45-31)27-13-11-26(12-14-27)22-44-38(51)34-10-8-20-50(34)40(53)36(25(3)4)48-42(55)57-6/h11-18,21,23-25,33-36H,7-10,19-20,22H2,1-6H3,(H,43,46)(H,44,51)(H,47,54)(H,48,55). The van der Waals surface area contributed by atoms with Gasteiger partial charge in [-0.25, -0.2) is 19.6 Å². The van der Waals surface area contributed by atoms with Crippen LogP contribution in [0.3, 0.4) is 0 Å². The molecule has 0 radical (unpaired) electrons. The van der Waals surface area contributed by atoms with Gasteiger partial charge in [0.05, 0.1) is 43.4 Å². The van der Waals surface area contributed by atoms with E-state index in [2.05, 4.69) is 32.0 Å². The molecule has 5 amide bonds. The predicted molar refractivity (Wildman–Crippen MR) is 213 cm³/mol. The number of nitrogens with zero attached hydrogens (tertiary/aromatic N) is 4. The summed E-state index contributed by atoms with van der Waals surface area (Å²) in [5.41, 5.74) is 5.23. The van der Waals surface area contributed by atoms with Crippen molar-refractivity contribution in [2.75, 3.05) is 27.3 Å². The summed E-state index contributed by atoms with van der Waals surface area (Å²) in [5, 5.41) is 9.24. The van der Waals surface area contributed by atoms with Crippen molar-refractivity contribution in [3.63, 3.8) is 0 Å². The number of hydrogen-bond acceptors (Lipinski definition) is 9. The number of imidazole rings is 1. The number of hydrogen-bond donors (Lipinski definition) is 4. The second-order valence-electron chi connectivity index (χ2n) is 15.3. The van der Waals surface area contributed by atoms with Crippen molar-refractivity contribution in [3.8, 4) is 22.5 Å². The van der Waals surface area contributed by atoms with E-state index in [-0.39, 0.29) is 35.6 Å². The average molecular weight is 781 g/mol. The molecule has 0 saturated carbocycles. The van der Waals surface area contributed by atoms with E-state index < -0.39 is 30.3 Å². The highest BCUT2D eigenvalue weighted by Gasteiger charge is 2.39. The van der Waals surface area contributed by atoms with Crippen LogP contribution in [0.1, 0.15) is 70.8 Å². The van der Waals surface area contributed by atoms with E-state index in [0.717, 1.165) is 51.8 Å². The third-order valence-corrected chi connectivity index (χ3v) is 10.8. The minimum atomic E-state index is -0.787. The molecule has 6 rings (SSSR count). The van der Waals surface area contributed by atoms with E-state index in [1.54, 1.807) is 16.0 Å². The third-order valence-electron chi connectivity index (χ3n) is 10.8. The van der Waals surface area contributed by atoms with Gasteiger partial charge in [-0.1, -0.05) is 64.1 Å². The molecular weight excluding hydrogens is 729 g/mol. The maximum atomic E-state index is 13.6. The first-order chi connectivity index (χ1) is 27.4. The molecule has 15 heteroatoms. The van der Waals surface area contributed by atoms with Crippen LogP contribution in [-0.4, -0.2) is 100 Å². The van der Waals surface area contributed by atoms with Crippen molar-refractivity contribution >= 4 is 40.8 Å². The molecule has 2 aliphatic heterocycles. The van der Waals surface area contributed by atoms with Gasteiger partial charge in [-0.3, -0.25) is 14.4 Å². The van der Waals surface area contributed by atoms with E-state index in [1.807, 2.05) is 76.2 Å². The molecule has 57 heavy (non-hydrogen) atoms. The summed E-state index contributed by atoms with van der Waals surface area (Å²) < 4.78 is 9.45. The molecule has 15 nitrogen and oxygen atoms in total. The molecule has 2 aromatic heterocycles. The minimum absolute atomic E-state index is 0.117. The normalized spacial score (nSPS) is 17.8. The highest BCUT2D eigenvalue weighted by Crippen LogP contribution is 2.33. The summed E-state index contributed by atoms with van der Waals surface area (Å²) in [7, 11) is 2.53. The first-order valence-corrected chi connectivity index (χ1v) is 19.5. The summed E-state index contributed by atoms with van der Waals surface area (Å²) in [4.78, 5) is 80.3. The molecular formula is C42H52N8O7. The number of alkyl carbamates (subject to hydrolysis) is 2. The third kappa shape index (κ3) is 9.19. The number of H-pyrrole nitrogens is 1. The average Bonchev–Trinajstić information content (AvgIpc) is 4.02. The van der Waals surface area contributed by atoms with E-state index in [9.17, 15) is 24.0 Å². The molecule has 4 heterocycles. The van der Waals surface area contributed by atoms with Gasteiger partial charge in [0.25, 0.3) is 0 Å². The van der Waals surface area contributed by atoms with Gasteiger partial charge in [0.2, 0.25) is 17.7 Å². The van der Waals surface area contributed by atoms with Gasteiger partial charge >= 0.3 is 12.2 Å².